The van der Waals surface area contributed by atoms with E-state index < -0.39 is 21.2 Å². The SMILES string of the molecule is CCN(CCC#N)c1ccc(N=Nc2c(Cl)cc([N+](=O)[O-])cc2[N+](=O)[O-])cc1. The molecule has 11 heteroatoms. The van der Waals surface area contributed by atoms with Crippen LogP contribution in [0.25, 0.3) is 0 Å². The standard InChI is InChI=1S/C17H15ClN6O4/c1-2-22(9-3-8-19)13-6-4-12(5-7-13)20-21-17-15(18)10-14(23(25)26)11-16(17)24(27)28/h4-7,10-11H,2-3,9H2,1H3. The van der Waals surface area contributed by atoms with Gasteiger partial charge >= 0.3 is 5.69 Å². The molecule has 2 aromatic carbocycles. The van der Waals surface area contributed by atoms with Crippen molar-refractivity contribution >= 4 is 40.0 Å². The van der Waals surface area contributed by atoms with Gasteiger partial charge in [-0.15, -0.1) is 5.11 Å². The Morgan fingerprint density at radius 3 is 2.36 bits per heavy atom. The van der Waals surface area contributed by atoms with Gasteiger partial charge in [-0.05, 0) is 31.2 Å². The monoisotopic (exact) mass is 402 g/mol. The van der Waals surface area contributed by atoms with E-state index in [0.29, 0.717) is 18.7 Å². The highest BCUT2D eigenvalue weighted by Crippen LogP contribution is 2.39. The van der Waals surface area contributed by atoms with Gasteiger partial charge in [0.05, 0.1) is 39.1 Å². The number of hydrogen-bond acceptors (Lipinski definition) is 8. The number of non-ortho nitro benzene ring substituents is 1. The number of nitriles is 1. The Balaban J connectivity index is 2.30. The number of halogens is 1. The average Bonchev–Trinajstić information content (AvgIpc) is 2.67. The summed E-state index contributed by atoms with van der Waals surface area (Å²) in [7, 11) is 0. The van der Waals surface area contributed by atoms with Crippen LogP contribution in [-0.2, 0) is 0 Å². The molecule has 0 radical (unpaired) electrons. The molecule has 0 unspecified atom stereocenters. The zero-order chi connectivity index (χ0) is 20.7. The maximum atomic E-state index is 11.2. The minimum atomic E-state index is -0.801. The lowest BCUT2D eigenvalue weighted by Gasteiger charge is -2.21. The molecule has 0 spiro atoms. The fourth-order valence-corrected chi connectivity index (χ4v) is 2.65. The normalized spacial score (nSPS) is 10.6. The number of nitrogens with zero attached hydrogens (tertiary/aromatic N) is 6. The van der Waals surface area contributed by atoms with Gasteiger partial charge in [-0.2, -0.15) is 10.4 Å². The Bertz CT molecular complexity index is 955. The average molecular weight is 403 g/mol. The van der Waals surface area contributed by atoms with E-state index in [2.05, 4.69) is 16.3 Å². The summed E-state index contributed by atoms with van der Waals surface area (Å²) in [5.74, 6) is 0. The fraction of sp³-hybridized carbons (Fsp3) is 0.235. The topological polar surface area (TPSA) is 138 Å². The second-order valence-corrected chi connectivity index (χ2v) is 5.92. The molecular formula is C17H15ClN6O4. The second kappa shape index (κ2) is 9.38. The number of rotatable bonds is 8. The van der Waals surface area contributed by atoms with Crippen LogP contribution in [0.15, 0.2) is 46.6 Å². The van der Waals surface area contributed by atoms with Crippen LogP contribution in [0.2, 0.25) is 5.02 Å². The molecule has 0 saturated heterocycles. The molecule has 2 aromatic rings. The minimum absolute atomic E-state index is 0.241. The quantitative estimate of drug-likeness (QED) is 0.333. The molecule has 144 valence electrons. The van der Waals surface area contributed by atoms with E-state index in [1.807, 2.05) is 11.8 Å². The smallest absolute Gasteiger partial charge is 0.305 e. The molecule has 28 heavy (non-hydrogen) atoms. The van der Waals surface area contributed by atoms with Crippen LogP contribution in [0, 0.1) is 31.6 Å². The van der Waals surface area contributed by atoms with Gasteiger partial charge in [0, 0.05) is 24.8 Å². The molecule has 0 aromatic heterocycles. The van der Waals surface area contributed by atoms with Crippen molar-refractivity contribution in [3.05, 3.63) is 61.6 Å². The highest BCUT2D eigenvalue weighted by molar-refractivity contribution is 6.33. The number of azo groups is 1. The molecule has 0 aliphatic heterocycles. The molecule has 0 bridgehead atoms. The van der Waals surface area contributed by atoms with Crippen LogP contribution in [-0.4, -0.2) is 22.9 Å². The van der Waals surface area contributed by atoms with Gasteiger partial charge in [-0.1, -0.05) is 11.6 Å². The molecule has 0 N–H and O–H groups in total. The van der Waals surface area contributed by atoms with Gasteiger partial charge in [-0.25, -0.2) is 0 Å². The van der Waals surface area contributed by atoms with Gasteiger partial charge in [-0.3, -0.25) is 20.2 Å². The third-order valence-corrected chi connectivity index (χ3v) is 4.08. The summed E-state index contributed by atoms with van der Waals surface area (Å²) in [6, 6.07) is 10.8. The largest absolute Gasteiger partial charge is 0.371 e. The third-order valence-electron chi connectivity index (χ3n) is 3.79. The first-order valence-corrected chi connectivity index (χ1v) is 8.51. The Morgan fingerprint density at radius 2 is 1.82 bits per heavy atom. The van der Waals surface area contributed by atoms with Crippen molar-refractivity contribution in [2.45, 2.75) is 13.3 Å². The van der Waals surface area contributed by atoms with Crippen molar-refractivity contribution in [2.75, 3.05) is 18.0 Å². The molecular weight excluding hydrogens is 388 g/mol. The van der Waals surface area contributed by atoms with Crippen molar-refractivity contribution in [1.29, 1.82) is 5.26 Å². The van der Waals surface area contributed by atoms with Gasteiger partial charge in [0.25, 0.3) is 5.69 Å². The predicted octanol–water partition coefficient (Wildman–Crippen LogP) is 5.31. The van der Waals surface area contributed by atoms with Crippen LogP contribution in [0.4, 0.5) is 28.4 Å². The van der Waals surface area contributed by atoms with Crippen molar-refractivity contribution in [3.8, 4) is 6.07 Å². The summed E-state index contributed by atoms with van der Waals surface area (Å²) in [5, 5.41) is 38.3. The minimum Gasteiger partial charge on any atom is -0.371 e. The number of hydrogen-bond donors (Lipinski definition) is 0. The summed E-state index contributed by atoms with van der Waals surface area (Å²) in [6.45, 7) is 3.30. The molecule has 0 fully saturated rings. The second-order valence-electron chi connectivity index (χ2n) is 5.51. The van der Waals surface area contributed by atoms with Crippen LogP contribution < -0.4 is 4.90 Å². The lowest BCUT2D eigenvalue weighted by molar-refractivity contribution is -0.393. The van der Waals surface area contributed by atoms with E-state index in [9.17, 15) is 20.2 Å². The number of nitro groups is 2. The molecule has 0 heterocycles. The van der Waals surface area contributed by atoms with Crippen LogP contribution in [0.3, 0.4) is 0 Å². The molecule has 0 saturated carbocycles. The highest BCUT2D eigenvalue weighted by atomic mass is 35.5. The first kappa shape index (κ1) is 20.7. The maximum absolute atomic E-state index is 11.2. The van der Waals surface area contributed by atoms with Gasteiger partial charge in [0.2, 0.25) is 0 Å². The summed E-state index contributed by atoms with van der Waals surface area (Å²) < 4.78 is 0. The highest BCUT2D eigenvalue weighted by Gasteiger charge is 2.23. The lowest BCUT2D eigenvalue weighted by Crippen LogP contribution is -2.23. The summed E-state index contributed by atoms with van der Waals surface area (Å²) in [4.78, 5) is 22.5. The summed E-state index contributed by atoms with van der Waals surface area (Å²) >= 11 is 5.93. The van der Waals surface area contributed by atoms with Crippen molar-refractivity contribution in [2.24, 2.45) is 10.2 Å². The zero-order valence-corrected chi connectivity index (χ0v) is 15.5. The van der Waals surface area contributed by atoms with Crippen molar-refractivity contribution in [3.63, 3.8) is 0 Å². The Morgan fingerprint density at radius 1 is 1.14 bits per heavy atom. The molecule has 0 amide bonds. The predicted molar refractivity (Wildman–Crippen MR) is 103 cm³/mol. The van der Waals surface area contributed by atoms with Gasteiger partial charge in [0.1, 0.15) is 0 Å². The van der Waals surface area contributed by atoms with E-state index in [4.69, 9.17) is 16.9 Å². The first-order valence-electron chi connectivity index (χ1n) is 8.13. The Kier molecular flexibility index (Phi) is 6.95. The third kappa shape index (κ3) is 4.99. The molecule has 10 nitrogen and oxygen atoms in total. The number of benzene rings is 2. The Hall–Kier alpha value is -3.58. The number of nitro benzene ring substituents is 2. The van der Waals surface area contributed by atoms with Crippen LogP contribution in [0.1, 0.15) is 13.3 Å². The van der Waals surface area contributed by atoms with E-state index in [-0.39, 0.29) is 10.7 Å². The first-order chi connectivity index (χ1) is 13.4. The van der Waals surface area contributed by atoms with Crippen LogP contribution in [0.5, 0.6) is 0 Å². The Labute approximate surface area is 165 Å². The van der Waals surface area contributed by atoms with Crippen molar-refractivity contribution < 1.29 is 9.85 Å². The number of anilines is 1. The fourth-order valence-electron chi connectivity index (χ4n) is 2.41. The van der Waals surface area contributed by atoms with Gasteiger partial charge < -0.3 is 4.90 Å². The molecule has 0 aliphatic rings. The lowest BCUT2D eigenvalue weighted by atomic mass is 10.2. The van der Waals surface area contributed by atoms with E-state index in [1.54, 1.807) is 24.3 Å². The van der Waals surface area contributed by atoms with Gasteiger partial charge in [0.15, 0.2) is 5.69 Å². The summed E-state index contributed by atoms with van der Waals surface area (Å²) in [5.41, 5.74) is -0.0457. The maximum Gasteiger partial charge on any atom is 0.305 e. The van der Waals surface area contributed by atoms with Crippen LogP contribution >= 0.6 is 11.6 Å². The summed E-state index contributed by atoms with van der Waals surface area (Å²) in [6.07, 6.45) is 0.400. The molecule has 0 atom stereocenters. The van der Waals surface area contributed by atoms with E-state index in [0.717, 1.165) is 24.4 Å². The molecule has 0 aliphatic carbocycles. The van der Waals surface area contributed by atoms with E-state index >= 15 is 0 Å². The van der Waals surface area contributed by atoms with E-state index in [1.165, 1.54) is 0 Å². The molecule has 2 rings (SSSR count). The van der Waals surface area contributed by atoms with Crippen molar-refractivity contribution in [1.82, 2.24) is 0 Å². The zero-order valence-electron chi connectivity index (χ0n) is 14.8.